The highest BCUT2D eigenvalue weighted by Crippen LogP contribution is 2.22. The van der Waals surface area contributed by atoms with Gasteiger partial charge in [-0.3, -0.25) is 0 Å². The second-order valence-electron chi connectivity index (χ2n) is 5.84. The van der Waals surface area contributed by atoms with E-state index < -0.39 is 10.0 Å². The van der Waals surface area contributed by atoms with Crippen LogP contribution in [0.2, 0.25) is 0 Å². The lowest BCUT2D eigenvalue weighted by molar-refractivity contribution is 0.445. The zero-order valence-electron chi connectivity index (χ0n) is 16.5. The van der Waals surface area contributed by atoms with Gasteiger partial charge in [0.1, 0.15) is 0 Å². The van der Waals surface area contributed by atoms with Crippen molar-refractivity contribution in [1.82, 2.24) is 14.9 Å². The first kappa shape index (κ1) is 22.8. The van der Waals surface area contributed by atoms with Crippen LogP contribution in [-0.4, -0.2) is 56.9 Å². The molecular weight excluding hydrogens is 368 g/mol. The Morgan fingerprint density at radius 3 is 2.46 bits per heavy atom. The molecule has 2 N–H and O–H groups in total. The van der Waals surface area contributed by atoms with Gasteiger partial charge in [0.2, 0.25) is 10.0 Å². The maximum absolute atomic E-state index is 12.2. The van der Waals surface area contributed by atoms with E-state index in [0.29, 0.717) is 32.1 Å². The number of hydrogen-bond acceptors (Lipinski definition) is 4. The number of benzene rings is 1. The lowest BCUT2D eigenvalue weighted by Gasteiger charge is -2.19. The second-order valence-corrected chi connectivity index (χ2v) is 8.77. The molecule has 0 aromatic heterocycles. The quantitative estimate of drug-likeness (QED) is 0.358. The van der Waals surface area contributed by atoms with Crippen LogP contribution in [0, 0.1) is 6.92 Å². The summed E-state index contributed by atoms with van der Waals surface area (Å²) < 4.78 is 26.0. The van der Waals surface area contributed by atoms with Crippen molar-refractivity contribution in [3.8, 4) is 0 Å². The van der Waals surface area contributed by atoms with Crippen LogP contribution in [0.5, 0.6) is 0 Å². The molecule has 0 amide bonds. The van der Waals surface area contributed by atoms with Gasteiger partial charge in [0.05, 0.1) is 12.3 Å². The van der Waals surface area contributed by atoms with Gasteiger partial charge in [0.15, 0.2) is 5.96 Å². The van der Waals surface area contributed by atoms with Crippen molar-refractivity contribution in [3.05, 3.63) is 29.3 Å². The van der Waals surface area contributed by atoms with Crippen molar-refractivity contribution in [2.24, 2.45) is 4.99 Å². The molecule has 0 aliphatic carbocycles. The van der Waals surface area contributed by atoms with Crippen LogP contribution in [0.3, 0.4) is 0 Å². The smallest absolute Gasteiger partial charge is 0.215 e. The molecule has 26 heavy (non-hydrogen) atoms. The lowest BCUT2D eigenvalue weighted by atomic mass is 10.1. The minimum atomic E-state index is -3.23. The van der Waals surface area contributed by atoms with E-state index in [-0.39, 0.29) is 5.75 Å². The molecule has 0 aliphatic rings. The maximum atomic E-state index is 12.2. The molecule has 0 radical (unpaired) electrons. The number of thioether (sulfide) groups is 1. The first-order valence-electron chi connectivity index (χ1n) is 9.01. The highest BCUT2D eigenvalue weighted by atomic mass is 32.2. The Hall–Kier alpha value is -1.25. The molecule has 0 saturated carbocycles. The molecule has 0 aliphatic heterocycles. The van der Waals surface area contributed by atoms with Gasteiger partial charge in [-0.2, -0.15) is 0 Å². The fourth-order valence-electron chi connectivity index (χ4n) is 2.53. The Balaban J connectivity index is 2.73. The highest BCUT2D eigenvalue weighted by molar-refractivity contribution is 7.98. The van der Waals surface area contributed by atoms with Crippen molar-refractivity contribution in [3.63, 3.8) is 0 Å². The number of nitrogens with one attached hydrogen (secondary N) is 2. The zero-order valence-corrected chi connectivity index (χ0v) is 18.1. The van der Waals surface area contributed by atoms with Gasteiger partial charge >= 0.3 is 0 Å². The number of aliphatic imine (C=N–C) groups is 1. The molecule has 1 rings (SSSR count). The number of rotatable bonds is 10. The van der Waals surface area contributed by atoms with Gasteiger partial charge in [-0.15, -0.1) is 11.8 Å². The molecule has 6 nitrogen and oxygen atoms in total. The van der Waals surface area contributed by atoms with Gasteiger partial charge in [0, 0.05) is 31.1 Å². The van der Waals surface area contributed by atoms with E-state index in [0.717, 1.165) is 12.1 Å². The molecule has 1 aromatic carbocycles. The topological polar surface area (TPSA) is 73.8 Å². The van der Waals surface area contributed by atoms with E-state index in [1.807, 2.05) is 20.8 Å². The molecule has 0 spiro atoms. The summed E-state index contributed by atoms with van der Waals surface area (Å²) in [6.07, 6.45) is 2.06. The summed E-state index contributed by atoms with van der Waals surface area (Å²) >= 11 is 1.71. The van der Waals surface area contributed by atoms with Crippen molar-refractivity contribution >= 4 is 27.7 Å². The van der Waals surface area contributed by atoms with Crippen molar-refractivity contribution < 1.29 is 8.42 Å². The van der Waals surface area contributed by atoms with E-state index in [9.17, 15) is 8.42 Å². The summed E-state index contributed by atoms with van der Waals surface area (Å²) in [6.45, 7) is 10.4. The van der Waals surface area contributed by atoms with Crippen LogP contribution in [0.25, 0.3) is 0 Å². The predicted molar refractivity (Wildman–Crippen MR) is 112 cm³/mol. The summed E-state index contributed by atoms with van der Waals surface area (Å²) in [6, 6.07) is 6.34. The van der Waals surface area contributed by atoms with Crippen molar-refractivity contribution in [2.45, 2.75) is 39.1 Å². The minimum absolute atomic E-state index is 0.0552. The number of nitrogens with zero attached hydrogens (tertiary/aromatic N) is 2. The second kappa shape index (κ2) is 11.5. The van der Waals surface area contributed by atoms with Crippen LogP contribution >= 0.6 is 11.8 Å². The largest absolute Gasteiger partial charge is 0.357 e. The fraction of sp³-hybridized carbons (Fsp3) is 0.611. The van der Waals surface area contributed by atoms with Gasteiger partial charge in [-0.1, -0.05) is 26.0 Å². The molecule has 0 unspecified atom stereocenters. The minimum Gasteiger partial charge on any atom is -0.357 e. The van der Waals surface area contributed by atoms with Crippen LogP contribution in [0.1, 0.15) is 31.9 Å². The Labute approximate surface area is 162 Å². The van der Waals surface area contributed by atoms with Gasteiger partial charge in [0.25, 0.3) is 0 Å². The monoisotopic (exact) mass is 400 g/mol. The Bertz CT molecular complexity index is 686. The van der Waals surface area contributed by atoms with E-state index in [4.69, 9.17) is 0 Å². The fourth-order valence-corrected chi connectivity index (χ4v) is 4.64. The molecule has 0 atom stereocenters. The van der Waals surface area contributed by atoms with E-state index >= 15 is 0 Å². The van der Waals surface area contributed by atoms with Crippen molar-refractivity contribution in [1.29, 1.82) is 0 Å². The molecule has 148 valence electrons. The summed E-state index contributed by atoms with van der Waals surface area (Å²) in [4.78, 5) is 5.82. The first-order chi connectivity index (χ1) is 12.4. The van der Waals surface area contributed by atoms with Crippen LogP contribution in [-0.2, 0) is 16.6 Å². The highest BCUT2D eigenvalue weighted by Gasteiger charge is 2.18. The molecule has 8 heteroatoms. The van der Waals surface area contributed by atoms with Crippen LogP contribution < -0.4 is 10.6 Å². The number of sulfonamides is 1. The van der Waals surface area contributed by atoms with Gasteiger partial charge < -0.3 is 10.6 Å². The third kappa shape index (κ3) is 7.17. The van der Waals surface area contributed by atoms with Gasteiger partial charge in [-0.05, 0) is 37.3 Å². The third-order valence-corrected chi connectivity index (χ3v) is 6.79. The van der Waals surface area contributed by atoms with E-state index in [2.05, 4.69) is 47.0 Å². The molecule has 1 aromatic rings. The average molecular weight is 401 g/mol. The molecule has 0 saturated heterocycles. The van der Waals surface area contributed by atoms with E-state index in [1.54, 1.807) is 11.8 Å². The Morgan fingerprint density at radius 1 is 1.19 bits per heavy atom. The molecule has 0 heterocycles. The third-order valence-electron chi connectivity index (χ3n) is 3.95. The SMILES string of the molecule is CCNC(=NCc1ccc(C)cc1SC)NCCS(=O)(=O)N(CC)CC. The Morgan fingerprint density at radius 2 is 1.88 bits per heavy atom. The Kier molecular flexibility index (Phi) is 10.0. The molecule has 0 fully saturated rings. The standard InChI is InChI=1S/C18H32N4O2S2/c1-6-19-18(20-11-12-26(23,24)22(7-2)8-3)21-14-16-10-9-15(4)13-17(16)25-5/h9-10,13H,6-8,11-12,14H2,1-5H3,(H2,19,20,21). The normalized spacial score (nSPS) is 12.5. The summed E-state index contributed by atoms with van der Waals surface area (Å²) in [5, 5.41) is 6.29. The number of guanidine groups is 1. The zero-order chi connectivity index (χ0) is 19.6. The summed E-state index contributed by atoms with van der Waals surface area (Å²) in [7, 11) is -3.23. The number of hydrogen-bond donors (Lipinski definition) is 2. The summed E-state index contributed by atoms with van der Waals surface area (Å²) in [5.41, 5.74) is 2.39. The lowest BCUT2D eigenvalue weighted by Crippen LogP contribution is -2.42. The molecular formula is C18H32N4O2S2. The van der Waals surface area contributed by atoms with Crippen LogP contribution in [0.15, 0.2) is 28.1 Å². The van der Waals surface area contributed by atoms with E-state index in [1.165, 1.54) is 14.8 Å². The predicted octanol–water partition coefficient (Wildman–Crippen LogP) is 2.44. The first-order valence-corrected chi connectivity index (χ1v) is 11.8. The maximum Gasteiger partial charge on any atom is 0.215 e. The van der Waals surface area contributed by atoms with Crippen LogP contribution in [0.4, 0.5) is 0 Å². The number of aryl methyl sites for hydroxylation is 1. The average Bonchev–Trinajstić information content (AvgIpc) is 2.60. The summed E-state index contributed by atoms with van der Waals surface area (Å²) in [5.74, 6) is 0.689. The van der Waals surface area contributed by atoms with Gasteiger partial charge in [-0.25, -0.2) is 17.7 Å². The molecule has 0 bridgehead atoms. The van der Waals surface area contributed by atoms with Crippen molar-refractivity contribution in [2.75, 3.05) is 38.2 Å².